The maximum absolute atomic E-state index is 10.8. The van der Waals surface area contributed by atoms with Crippen molar-refractivity contribution in [1.82, 2.24) is 0 Å². The normalized spacial score (nSPS) is 10.3. The third kappa shape index (κ3) is 6.10. The van der Waals surface area contributed by atoms with Gasteiger partial charge in [0.15, 0.2) is 0 Å². The van der Waals surface area contributed by atoms with Crippen molar-refractivity contribution in [2.24, 2.45) is 0 Å². The van der Waals surface area contributed by atoms with Gasteiger partial charge in [-0.3, -0.25) is 4.55 Å². The van der Waals surface area contributed by atoms with Gasteiger partial charge in [-0.15, -0.1) is 13.2 Å². The molecule has 2 rings (SSSR count). The smallest absolute Gasteiger partial charge is 0.294 e. The van der Waals surface area contributed by atoms with Crippen LogP contribution < -0.4 is 0 Å². The van der Waals surface area contributed by atoms with Crippen LogP contribution in [0.1, 0.15) is 11.1 Å². The number of rotatable bonds is 5. The lowest BCUT2D eigenvalue weighted by Crippen LogP contribution is -2.02. The minimum absolute atomic E-state index is 0.0464. The van der Waals surface area contributed by atoms with Crippen LogP contribution in [-0.4, -0.2) is 18.1 Å². The zero-order valence-corrected chi connectivity index (χ0v) is 13.5. The third-order valence-electron chi connectivity index (χ3n) is 2.97. The highest BCUT2D eigenvalue weighted by Crippen LogP contribution is 2.16. The maximum atomic E-state index is 10.8. The standard InChI is InChI=1S/C9H10O3S.C9H10O/c1-2-5-8-6-3-4-7-9(8)13(10,11)12;1-2-5-8-6-3-4-7-9(8)10/h2-4,6-7H,1,5H2,(H,10,11,12);2-4,6-7,10H,1,5H2. The minimum Gasteiger partial charge on any atom is -0.508 e. The molecule has 0 amide bonds. The third-order valence-corrected chi connectivity index (χ3v) is 3.92. The topological polar surface area (TPSA) is 74.6 Å². The number of aromatic hydroxyl groups is 1. The number of benzene rings is 2. The van der Waals surface area contributed by atoms with Gasteiger partial charge in [0.25, 0.3) is 10.1 Å². The second-order valence-electron chi connectivity index (χ2n) is 4.70. The molecule has 0 atom stereocenters. The molecular weight excluding hydrogens is 312 g/mol. The molecule has 0 fully saturated rings. The number of hydrogen-bond acceptors (Lipinski definition) is 3. The molecule has 0 bridgehead atoms. The van der Waals surface area contributed by atoms with E-state index in [4.69, 9.17) is 4.55 Å². The van der Waals surface area contributed by atoms with Crippen LogP contribution in [0.4, 0.5) is 0 Å². The fourth-order valence-corrected chi connectivity index (χ4v) is 2.65. The summed E-state index contributed by atoms with van der Waals surface area (Å²) in [6, 6.07) is 13.6. The van der Waals surface area contributed by atoms with E-state index in [0.29, 0.717) is 17.7 Å². The Labute approximate surface area is 137 Å². The molecule has 0 heterocycles. The highest BCUT2D eigenvalue weighted by Gasteiger charge is 2.12. The van der Waals surface area contributed by atoms with E-state index in [1.165, 1.54) is 6.07 Å². The van der Waals surface area contributed by atoms with Crippen molar-refractivity contribution in [3.8, 4) is 5.75 Å². The van der Waals surface area contributed by atoms with Gasteiger partial charge in [0.05, 0.1) is 4.90 Å². The van der Waals surface area contributed by atoms with E-state index in [1.807, 2.05) is 18.2 Å². The summed E-state index contributed by atoms with van der Waals surface area (Å²) in [6.45, 7) is 7.09. The van der Waals surface area contributed by atoms with E-state index in [-0.39, 0.29) is 4.90 Å². The highest BCUT2D eigenvalue weighted by atomic mass is 32.2. The fraction of sp³-hybridized carbons (Fsp3) is 0.111. The van der Waals surface area contributed by atoms with Crippen molar-refractivity contribution >= 4 is 10.1 Å². The van der Waals surface area contributed by atoms with Crippen molar-refractivity contribution < 1.29 is 18.1 Å². The lowest BCUT2D eigenvalue weighted by atomic mass is 10.1. The van der Waals surface area contributed by atoms with Crippen molar-refractivity contribution in [1.29, 1.82) is 0 Å². The van der Waals surface area contributed by atoms with Crippen LogP contribution >= 0.6 is 0 Å². The molecule has 2 aromatic carbocycles. The number of para-hydroxylation sites is 1. The SMILES string of the molecule is C=CCc1ccccc1O.C=CCc1ccccc1S(=O)(=O)O. The summed E-state index contributed by atoms with van der Waals surface area (Å²) < 4.78 is 30.5. The van der Waals surface area contributed by atoms with Crippen molar-refractivity contribution in [3.05, 3.63) is 85.0 Å². The number of phenolic OH excluding ortho intramolecular Hbond substituents is 1. The predicted molar refractivity (Wildman–Crippen MR) is 92.2 cm³/mol. The summed E-state index contributed by atoms with van der Waals surface area (Å²) in [6.07, 6.45) is 4.52. The summed E-state index contributed by atoms with van der Waals surface area (Å²) in [5, 5.41) is 9.19. The molecule has 0 radical (unpaired) electrons. The van der Waals surface area contributed by atoms with Gasteiger partial charge < -0.3 is 5.11 Å². The molecule has 5 heteroatoms. The van der Waals surface area contributed by atoms with E-state index < -0.39 is 10.1 Å². The molecule has 0 aliphatic heterocycles. The average molecular weight is 332 g/mol. The molecule has 0 unspecified atom stereocenters. The summed E-state index contributed by atoms with van der Waals surface area (Å²) in [5.74, 6) is 0.349. The Morgan fingerprint density at radius 2 is 1.35 bits per heavy atom. The zero-order chi connectivity index (χ0) is 17.3. The summed E-state index contributed by atoms with van der Waals surface area (Å²) in [4.78, 5) is -0.0464. The van der Waals surface area contributed by atoms with Crippen molar-refractivity contribution in [3.63, 3.8) is 0 Å². The molecule has 0 aromatic heterocycles. The van der Waals surface area contributed by atoms with Crippen LogP contribution in [0.3, 0.4) is 0 Å². The van der Waals surface area contributed by atoms with Gasteiger partial charge in [0, 0.05) is 0 Å². The van der Waals surface area contributed by atoms with Gasteiger partial charge in [-0.25, -0.2) is 0 Å². The number of allylic oxidation sites excluding steroid dienone is 2. The zero-order valence-electron chi connectivity index (χ0n) is 12.7. The average Bonchev–Trinajstić information content (AvgIpc) is 2.50. The quantitative estimate of drug-likeness (QED) is 0.645. The van der Waals surface area contributed by atoms with Crippen LogP contribution in [0, 0.1) is 0 Å². The van der Waals surface area contributed by atoms with Crippen LogP contribution in [0.2, 0.25) is 0 Å². The number of hydrogen-bond donors (Lipinski definition) is 2. The molecule has 0 aliphatic rings. The van der Waals surface area contributed by atoms with Crippen molar-refractivity contribution in [2.45, 2.75) is 17.7 Å². The fourth-order valence-electron chi connectivity index (χ4n) is 1.92. The monoisotopic (exact) mass is 332 g/mol. The highest BCUT2D eigenvalue weighted by molar-refractivity contribution is 7.85. The van der Waals surface area contributed by atoms with Gasteiger partial charge in [0.2, 0.25) is 0 Å². The van der Waals surface area contributed by atoms with Gasteiger partial charge in [-0.05, 0) is 36.1 Å². The lowest BCUT2D eigenvalue weighted by Gasteiger charge is -2.02. The molecular formula is C18H20O4S. The second-order valence-corrected chi connectivity index (χ2v) is 6.09. The first-order chi connectivity index (χ1) is 10.9. The van der Waals surface area contributed by atoms with E-state index in [1.54, 1.807) is 36.4 Å². The largest absolute Gasteiger partial charge is 0.508 e. The molecule has 2 N–H and O–H groups in total. The molecule has 23 heavy (non-hydrogen) atoms. The molecule has 2 aromatic rings. The Hall–Kier alpha value is -2.37. The van der Waals surface area contributed by atoms with Gasteiger partial charge in [-0.1, -0.05) is 48.6 Å². The Morgan fingerprint density at radius 3 is 1.87 bits per heavy atom. The molecule has 0 saturated carbocycles. The van der Waals surface area contributed by atoms with E-state index in [2.05, 4.69) is 13.2 Å². The first-order valence-corrected chi connectivity index (χ1v) is 8.38. The van der Waals surface area contributed by atoms with Crippen LogP contribution in [-0.2, 0) is 23.0 Å². The molecule has 0 spiro atoms. The second kappa shape index (κ2) is 8.92. The minimum atomic E-state index is -4.10. The Morgan fingerprint density at radius 1 is 0.870 bits per heavy atom. The Kier molecular flexibility index (Phi) is 7.25. The van der Waals surface area contributed by atoms with E-state index in [0.717, 1.165) is 12.0 Å². The van der Waals surface area contributed by atoms with Crippen LogP contribution in [0.5, 0.6) is 5.75 Å². The van der Waals surface area contributed by atoms with Crippen molar-refractivity contribution in [2.75, 3.05) is 0 Å². The van der Waals surface area contributed by atoms with Gasteiger partial charge in [-0.2, -0.15) is 8.42 Å². The summed E-state index contributed by atoms with van der Waals surface area (Å²) in [5.41, 5.74) is 1.48. The first kappa shape index (κ1) is 18.7. The summed E-state index contributed by atoms with van der Waals surface area (Å²) in [7, 11) is -4.10. The molecule has 0 saturated heterocycles. The number of phenols is 1. The summed E-state index contributed by atoms with van der Waals surface area (Å²) >= 11 is 0. The maximum Gasteiger partial charge on any atom is 0.294 e. The van der Waals surface area contributed by atoms with Gasteiger partial charge in [0.1, 0.15) is 5.75 Å². The Bertz CT molecular complexity index is 764. The van der Waals surface area contributed by atoms with Crippen LogP contribution in [0.15, 0.2) is 78.7 Å². The van der Waals surface area contributed by atoms with Crippen LogP contribution in [0.25, 0.3) is 0 Å². The van der Waals surface area contributed by atoms with E-state index in [9.17, 15) is 13.5 Å². The molecule has 0 aliphatic carbocycles. The lowest BCUT2D eigenvalue weighted by molar-refractivity contribution is 0.469. The Balaban J connectivity index is 0.000000238. The molecule has 4 nitrogen and oxygen atoms in total. The van der Waals surface area contributed by atoms with E-state index >= 15 is 0 Å². The van der Waals surface area contributed by atoms with Gasteiger partial charge >= 0.3 is 0 Å². The molecule has 122 valence electrons. The predicted octanol–water partition coefficient (Wildman–Crippen LogP) is 3.78. The first-order valence-electron chi connectivity index (χ1n) is 6.94.